The molecule has 0 saturated carbocycles. The fourth-order valence-electron chi connectivity index (χ4n) is 1.76. The zero-order valence-corrected chi connectivity index (χ0v) is 12.2. The number of carbonyl (C=O) groups is 1. The number of rotatable bonds is 5. The van der Waals surface area contributed by atoms with Crippen LogP contribution in [0.1, 0.15) is 16.1 Å². The summed E-state index contributed by atoms with van der Waals surface area (Å²) < 4.78 is 13.0. The van der Waals surface area contributed by atoms with Crippen LogP contribution in [0.4, 0.5) is 4.39 Å². The van der Waals surface area contributed by atoms with Crippen molar-refractivity contribution in [3.63, 3.8) is 0 Å². The second kappa shape index (κ2) is 6.49. The van der Waals surface area contributed by atoms with E-state index in [1.165, 1.54) is 23.9 Å². The summed E-state index contributed by atoms with van der Waals surface area (Å²) in [5, 5.41) is 9.66. The smallest absolute Gasteiger partial charge is 0.340 e. The predicted octanol–water partition coefficient (Wildman–Crippen LogP) is 3.57. The standard InChI is InChI=1S/C15H13FN2O2S/c1-3-8-21-14-12(15(19)20)9(2)17-13(18-14)10-4-6-11(16)7-5-10/h3-7H,1,8H2,2H3,(H,19,20). The Morgan fingerprint density at radius 3 is 2.62 bits per heavy atom. The van der Waals surface area contributed by atoms with E-state index in [0.717, 1.165) is 0 Å². The molecule has 0 aliphatic rings. The van der Waals surface area contributed by atoms with Crippen LogP contribution in [-0.4, -0.2) is 26.8 Å². The van der Waals surface area contributed by atoms with Crippen LogP contribution in [0.2, 0.25) is 0 Å². The Morgan fingerprint density at radius 1 is 1.38 bits per heavy atom. The second-order valence-electron chi connectivity index (χ2n) is 4.22. The van der Waals surface area contributed by atoms with E-state index in [2.05, 4.69) is 16.5 Å². The molecule has 0 radical (unpaired) electrons. The molecule has 108 valence electrons. The van der Waals surface area contributed by atoms with E-state index < -0.39 is 5.97 Å². The molecule has 1 aromatic carbocycles. The second-order valence-corrected chi connectivity index (χ2v) is 5.23. The number of carboxylic acid groups (broad SMARTS) is 1. The number of benzene rings is 1. The van der Waals surface area contributed by atoms with E-state index in [-0.39, 0.29) is 11.4 Å². The van der Waals surface area contributed by atoms with Gasteiger partial charge in [0.2, 0.25) is 0 Å². The molecule has 4 nitrogen and oxygen atoms in total. The Morgan fingerprint density at radius 2 is 2.05 bits per heavy atom. The summed E-state index contributed by atoms with van der Waals surface area (Å²) in [6.45, 7) is 5.23. The number of carboxylic acids is 1. The van der Waals surface area contributed by atoms with Crippen molar-refractivity contribution in [2.45, 2.75) is 11.9 Å². The van der Waals surface area contributed by atoms with E-state index in [4.69, 9.17) is 0 Å². The molecule has 0 fully saturated rings. The lowest BCUT2D eigenvalue weighted by atomic mass is 10.2. The molecule has 0 saturated heterocycles. The summed E-state index contributed by atoms with van der Waals surface area (Å²) in [7, 11) is 0. The summed E-state index contributed by atoms with van der Waals surface area (Å²) in [6.07, 6.45) is 1.67. The number of thioether (sulfide) groups is 1. The molecular weight excluding hydrogens is 291 g/mol. The van der Waals surface area contributed by atoms with E-state index >= 15 is 0 Å². The zero-order valence-electron chi connectivity index (χ0n) is 11.3. The van der Waals surface area contributed by atoms with Crippen LogP contribution in [-0.2, 0) is 0 Å². The number of halogens is 1. The molecule has 2 rings (SSSR count). The first-order valence-electron chi connectivity index (χ1n) is 6.14. The van der Waals surface area contributed by atoms with Crippen LogP contribution in [0.3, 0.4) is 0 Å². The lowest BCUT2D eigenvalue weighted by molar-refractivity contribution is 0.0691. The van der Waals surface area contributed by atoms with Gasteiger partial charge in [-0.25, -0.2) is 19.2 Å². The minimum Gasteiger partial charge on any atom is -0.478 e. The van der Waals surface area contributed by atoms with Gasteiger partial charge in [-0.3, -0.25) is 0 Å². The fourth-order valence-corrected chi connectivity index (χ4v) is 2.57. The molecule has 1 N–H and O–H groups in total. The third kappa shape index (κ3) is 3.46. The van der Waals surface area contributed by atoms with Crippen molar-refractivity contribution in [1.29, 1.82) is 0 Å². The van der Waals surface area contributed by atoms with Gasteiger partial charge in [-0.05, 0) is 31.2 Å². The van der Waals surface area contributed by atoms with Crippen molar-refractivity contribution in [1.82, 2.24) is 9.97 Å². The Balaban J connectivity index is 2.53. The quantitative estimate of drug-likeness (QED) is 0.520. The molecule has 1 aromatic heterocycles. The third-order valence-corrected chi connectivity index (χ3v) is 3.68. The number of aromatic carboxylic acids is 1. The maximum absolute atomic E-state index is 13.0. The van der Waals surface area contributed by atoms with E-state index in [1.54, 1.807) is 25.1 Å². The summed E-state index contributed by atoms with van der Waals surface area (Å²) in [5.74, 6) is -0.493. The number of hydrogen-bond acceptors (Lipinski definition) is 4. The van der Waals surface area contributed by atoms with Crippen molar-refractivity contribution in [3.05, 3.63) is 54.0 Å². The van der Waals surface area contributed by atoms with Gasteiger partial charge in [0.25, 0.3) is 0 Å². The predicted molar refractivity (Wildman–Crippen MR) is 80.0 cm³/mol. The highest BCUT2D eigenvalue weighted by molar-refractivity contribution is 7.99. The van der Waals surface area contributed by atoms with Crippen LogP contribution < -0.4 is 0 Å². The van der Waals surface area contributed by atoms with Crippen molar-refractivity contribution in [2.75, 3.05) is 5.75 Å². The molecule has 0 amide bonds. The molecule has 2 aromatic rings. The Hall–Kier alpha value is -2.21. The average molecular weight is 304 g/mol. The zero-order chi connectivity index (χ0) is 15.4. The molecule has 0 unspecified atom stereocenters. The number of hydrogen-bond donors (Lipinski definition) is 1. The summed E-state index contributed by atoms with van der Waals surface area (Å²) in [6, 6.07) is 5.75. The van der Waals surface area contributed by atoms with Gasteiger partial charge in [-0.2, -0.15) is 0 Å². The maximum atomic E-state index is 13.0. The lowest BCUT2D eigenvalue weighted by Gasteiger charge is -2.09. The first-order valence-corrected chi connectivity index (χ1v) is 7.13. The number of aryl methyl sites for hydroxylation is 1. The van der Waals surface area contributed by atoms with Gasteiger partial charge in [-0.15, -0.1) is 18.3 Å². The monoisotopic (exact) mass is 304 g/mol. The maximum Gasteiger partial charge on any atom is 0.340 e. The largest absolute Gasteiger partial charge is 0.478 e. The Bertz CT molecular complexity index is 687. The van der Waals surface area contributed by atoms with Gasteiger partial charge in [0.05, 0.1) is 5.69 Å². The molecule has 1 heterocycles. The Labute approximate surface area is 125 Å². The van der Waals surface area contributed by atoms with E-state index in [0.29, 0.717) is 27.9 Å². The SMILES string of the molecule is C=CCSc1nc(-c2ccc(F)cc2)nc(C)c1C(=O)O. The van der Waals surface area contributed by atoms with Gasteiger partial charge in [0, 0.05) is 11.3 Å². The molecule has 0 aliphatic heterocycles. The molecule has 0 bridgehead atoms. The number of nitrogens with zero attached hydrogens (tertiary/aromatic N) is 2. The van der Waals surface area contributed by atoms with Crippen molar-refractivity contribution >= 4 is 17.7 Å². The first kappa shape index (κ1) is 15.2. The van der Waals surface area contributed by atoms with Crippen LogP contribution >= 0.6 is 11.8 Å². The average Bonchev–Trinajstić information content (AvgIpc) is 2.44. The summed E-state index contributed by atoms with van der Waals surface area (Å²) in [5.41, 5.74) is 1.10. The molecule has 21 heavy (non-hydrogen) atoms. The van der Waals surface area contributed by atoms with Gasteiger partial charge >= 0.3 is 5.97 Å². The van der Waals surface area contributed by atoms with E-state index in [1.807, 2.05) is 0 Å². The first-order chi connectivity index (χ1) is 10.0. The van der Waals surface area contributed by atoms with Crippen LogP contribution in [0.25, 0.3) is 11.4 Å². The molecule has 0 aliphatic carbocycles. The lowest BCUT2D eigenvalue weighted by Crippen LogP contribution is -2.08. The van der Waals surface area contributed by atoms with E-state index in [9.17, 15) is 14.3 Å². The topological polar surface area (TPSA) is 63.1 Å². The van der Waals surface area contributed by atoms with Crippen LogP contribution in [0, 0.1) is 12.7 Å². The number of aromatic nitrogens is 2. The highest BCUT2D eigenvalue weighted by Gasteiger charge is 2.18. The highest BCUT2D eigenvalue weighted by Crippen LogP contribution is 2.26. The van der Waals surface area contributed by atoms with Gasteiger partial charge in [0.1, 0.15) is 16.4 Å². The summed E-state index contributed by atoms with van der Waals surface area (Å²) in [4.78, 5) is 19.8. The Kier molecular flexibility index (Phi) is 4.70. The molecule has 6 heteroatoms. The minimum absolute atomic E-state index is 0.0905. The molecule has 0 spiro atoms. The minimum atomic E-state index is -1.07. The van der Waals surface area contributed by atoms with Gasteiger partial charge in [0.15, 0.2) is 5.82 Å². The third-order valence-electron chi connectivity index (χ3n) is 2.71. The molecule has 0 atom stereocenters. The van der Waals surface area contributed by atoms with Crippen LogP contribution in [0.15, 0.2) is 41.9 Å². The molecular formula is C15H13FN2O2S. The van der Waals surface area contributed by atoms with Crippen molar-refractivity contribution < 1.29 is 14.3 Å². The van der Waals surface area contributed by atoms with Gasteiger partial charge in [-0.1, -0.05) is 6.08 Å². The normalized spacial score (nSPS) is 10.4. The van der Waals surface area contributed by atoms with Crippen LogP contribution in [0.5, 0.6) is 0 Å². The highest BCUT2D eigenvalue weighted by atomic mass is 32.2. The summed E-state index contributed by atoms with van der Waals surface area (Å²) >= 11 is 1.28. The van der Waals surface area contributed by atoms with Crippen molar-refractivity contribution in [2.24, 2.45) is 0 Å². The van der Waals surface area contributed by atoms with Gasteiger partial charge < -0.3 is 5.11 Å². The van der Waals surface area contributed by atoms with Crippen molar-refractivity contribution in [3.8, 4) is 11.4 Å². The fraction of sp³-hybridized carbons (Fsp3) is 0.133.